The molecule has 0 aliphatic carbocycles. The van der Waals surface area contributed by atoms with Gasteiger partial charge in [-0.3, -0.25) is 9.59 Å². The summed E-state index contributed by atoms with van der Waals surface area (Å²) in [6, 6.07) is 11.6. The van der Waals surface area contributed by atoms with E-state index in [9.17, 15) is 9.59 Å². The smallest absolute Gasteiger partial charge is 0.254 e. The van der Waals surface area contributed by atoms with Crippen molar-refractivity contribution in [2.24, 2.45) is 0 Å². The van der Waals surface area contributed by atoms with Gasteiger partial charge in [0, 0.05) is 30.9 Å². The number of rotatable bonds is 6. The molecular weight excluding hydrogens is 374 g/mol. The van der Waals surface area contributed by atoms with Gasteiger partial charge in [0.2, 0.25) is 5.91 Å². The van der Waals surface area contributed by atoms with Crippen molar-refractivity contribution >= 4 is 34.5 Å². The van der Waals surface area contributed by atoms with Crippen molar-refractivity contribution < 1.29 is 14.0 Å². The number of nitrogens with one attached hydrogen (secondary N) is 2. The lowest BCUT2D eigenvalue weighted by molar-refractivity contribution is -0.116. The van der Waals surface area contributed by atoms with Crippen LogP contribution in [0.4, 0.5) is 11.4 Å². The molecule has 0 spiro atoms. The Kier molecular flexibility index (Phi) is 5.43. The fraction of sp³-hybridized carbons (Fsp3) is 0.238. The van der Waals surface area contributed by atoms with E-state index in [1.54, 1.807) is 6.07 Å². The van der Waals surface area contributed by atoms with Crippen LogP contribution in [0.2, 0.25) is 0 Å². The first-order chi connectivity index (χ1) is 13.7. The third-order valence-corrected chi connectivity index (χ3v) is 5.77. The van der Waals surface area contributed by atoms with Gasteiger partial charge in [-0.1, -0.05) is 12.1 Å². The van der Waals surface area contributed by atoms with E-state index in [-0.39, 0.29) is 24.8 Å². The molecule has 2 amide bonds. The minimum absolute atomic E-state index is 0.131. The van der Waals surface area contributed by atoms with Crippen LogP contribution >= 0.6 is 11.3 Å². The molecule has 7 heteroatoms. The third kappa shape index (κ3) is 4.09. The highest BCUT2D eigenvalue weighted by Gasteiger charge is 2.20. The zero-order valence-electron chi connectivity index (χ0n) is 15.3. The van der Waals surface area contributed by atoms with Crippen molar-refractivity contribution in [2.45, 2.75) is 19.4 Å². The quantitative estimate of drug-likeness (QED) is 0.668. The summed E-state index contributed by atoms with van der Waals surface area (Å²) in [5.74, 6) is -0.380. The minimum atomic E-state index is -0.248. The summed E-state index contributed by atoms with van der Waals surface area (Å²) < 4.78 is 4.89. The average Bonchev–Trinajstić information content (AvgIpc) is 3.39. The van der Waals surface area contributed by atoms with E-state index >= 15 is 0 Å². The first kappa shape index (κ1) is 18.3. The van der Waals surface area contributed by atoms with E-state index in [1.165, 1.54) is 23.0 Å². The summed E-state index contributed by atoms with van der Waals surface area (Å²) in [6.07, 6.45) is 4.04. The molecular formula is C21H21N3O3S. The number of benzene rings is 1. The number of hydrogen-bond acceptors (Lipinski definition) is 5. The van der Waals surface area contributed by atoms with Gasteiger partial charge in [0.1, 0.15) is 6.26 Å². The van der Waals surface area contributed by atoms with Gasteiger partial charge in [0.25, 0.3) is 5.91 Å². The van der Waals surface area contributed by atoms with Gasteiger partial charge in [-0.2, -0.15) is 0 Å². The number of carbonyl (C=O) groups is 2. The maximum atomic E-state index is 12.4. The molecule has 1 aliphatic rings. The highest BCUT2D eigenvalue weighted by Crippen LogP contribution is 2.32. The molecule has 144 valence electrons. The number of carbonyl (C=O) groups excluding carboxylic acids is 2. The van der Waals surface area contributed by atoms with Crippen molar-refractivity contribution in [3.8, 4) is 0 Å². The van der Waals surface area contributed by atoms with E-state index in [2.05, 4.69) is 27.0 Å². The molecule has 0 fully saturated rings. The molecule has 0 saturated carbocycles. The topological polar surface area (TPSA) is 74.6 Å². The summed E-state index contributed by atoms with van der Waals surface area (Å²) in [7, 11) is 0. The fourth-order valence-electron chi connectivity index (χ4n) is 3.31. The second-order valence-electron chi connectivity index (χ2n) is 6.62. The molecule has 4 rings (SSSR count). The second-order valence-corrected chi connectivity index (χ2v) is 7.62. The molecule has 2 aromatic heterocycles. The molecule has 6 nitrogen and oxygen atoms in total. The molecule has 3 heterocycles. The van der Waals surface area contributed by atoms with Gasteiger partial charge >= 0.3 is 0 Å². The molecule has 0 saturated heterocycles. The van der Waals surface area contributed by atoms with Crippen LogP contribution in [0.5, 0.6) is 0 Å². The van der Waals surface area contributed by atoms with Crippen LogP contribution in [-0.2, 0) is 17.8 Å². The van der Waals surface area contributed by atoms with Gasteiger partial charge in [-0.15, -0.1) is 11.3 Å². The van der Waals surface area contributed by atoms with Crippen molar-refractivity contribution in [1.82, 2.24) is 5.32 Å². The maximum Gasteiger partial charge on any atom is 0.254 e. The fourth-order valence-corrected chi connectivity index (χ4v) is 4.20. The monoisotopic (exact) mass is 395 g/mol. The van der Waals surface area contributed by atoms with Crippen molar-refractivity contribution in [1.29, 1.82) is 0 Å². The van der Waals surface area contributed by atoms with Crippen molar-refractivity contribution in [3.63, 3.8) is 0 Å². The number of hydrogen-bond donors (Lipinski definition) is 2. The van der Waals surface area contributed by atoms with Gasteiger partial charge in [-0.05, 0) is 41.6 Å². The van der Waals surface area contributed by atoms with Crippen LogP contribution in [0, 0.1) is 0 Å². The highest BCUT2D eigenvalue weighted by atomic mass is 32.1. The summed E-state index contributed by atoms with van der Waals surface area (Å²) in [5.41, 5.74) is 3.63. The number of anilines is 2. The van der Waals surface area contributed by atoms with E-state index in [1.807, 2.05) is 35.6 Å². The molecule has 0 bridgehead atoms. The summed E-state index contributed by atoms with van der Waals surface area (Å²) in [6.45, 7) is 2.05. The zero-order valence-corrected chi connectivity index (χ0v) is 16.1. The maximum absolute atomic E-state index is 12.4. The summed E-state index contributed by atoms with van der Waals surface area (Å²) in [4.78, 5) is 28.0. The number of para-hydroxylation sites is 2. The normalized spacial score (nSPS) is 13.1. The molecule has 0 radical (unpaired) electrons. The van der Waals surface area contributed by atoms with Gasteiger partial charge in [0.05, 0.1) is 23.2 Å². The van der Waals surface area contributed by atoms with E-state index in [0.717, 1.165) is 30.9 Å². The SMILES string of the molecule is O=C(CCNC(=O)c1ccoc1)Nc1ccccc1N1CCc2sccc2C1. The molecule has 1 aliphatic heterocycles. The van der Waals surface area contributed by atoms with E-state index in [4.69, 9.17) is 4.42 Å². The standard InChI is InChI=1S/C21H21N3O3S/c25-20(5-9-22-21(26)16-7-11-27-14-16)23-17-3-1-2-4-18(17)24-10-6-19-15(13-24)8-12-28-19/h1-4,7-8,11-12,14H,5-6,9-10,13H2,(H,22,26)(H,23,25). The minimum Gasteiger partial charge on any atom is -0.472 e. The van der Waals surface area contributed by atoms with Gasteiger partial charge in [0.15, 0.2) is 0 Å². The zero-order chi connectivity index (χ0) is 19.3. The highest BCUT2D eigenvalue weighted by molar-refractivity contribution is 7.10. The van der Waals surface area contributed by atoms with Crippen LogP contribution < -0.4 is 15.5 Å². The van der Waals surface area contributed by atoms with E-state index < -0.39 is 0 Å². The Morgan fingerprint density at radius 3 is 2.93 bits per heavy atom. The number of furan rings is 1. The first-order valence-corrected chi connectivity index (χ1v) is 10.1. The molecule has 0 unspecified atom stereocenters. The lowest BCUT2D eigenvalue weighted by atomic mass is 10.1. The molecule has 1 aromatic carbocycles. The summed E-state index contributed by atoms with van der Waals surface area (Å²) >= 11 is 1.81. The lowest BCUT2D eigenvalue weighted by Gasteiger charge is -2.30. The Balaban J connectivity index is 1.35. The average molecular weight is 395 g/mol. The predicted octanol–water partition coefficient (Wildman–Crippen LogP) is 3.66. The van der Waals surface area contributed by atoms with Crippen LogP contribution in [0.25, 0.3) is 0 Å². The van der Waals surface area contributed by atoms with Crippen molar-refractivity contribution in [2.75, 3.05) is 23.3 Å². The Morgan fingerprint density at radius 1 is 1.18 bits per heavy atom. The van der Waals surface area contributed by atoms with Gasteiger partial charge in [-0.25, -0.2) is 0 Å². The largest absolute Gasteiger partial charge is 0.472 e. The first-order valence-electron chi connectivity index (χ1n) is 9.20. The van der Waals surface area contributed by atoms with Crippen molar-refractivity contribution in [3.05, 3.63) is 70.3 Å². The van der Waals surface area contributed by atoms with Crippen LogP contribution in [0.3, 0.4) is 0 Å². The Hall–Kier alpha value is -3.06. The molecule has 28 heavy (non-hydrogen) atoms. The Morgan fingerprint density at radius 2 is 2.07 bits per heavy atom. The van der Waals surface area contributed by atoms with Crippen LogP contribution in [-0.4, -0.2) is 24.9 Å². The second kappa shape index (κ2) is 8.31. The van der Waals surface area contributed by atoms with Crippen LogP contribution in [0.1, 0.15) is 27.2 Å². The number of nitrogens with zero attached hydrogens (tertiary/aromatic N) is 1. The Bertz CT molecular complexity index is 965. The summed E-state index contributed by atoms with van der Waals surface area (Å²) in [5, 5.41) is 7.84. The van der Waals surface area contributed by atoms with E-state index in [0.29, 0.717) is 5.56 Å². The number of thiophene rings is 1. The van der Waals surface area contributed by atoms with Crippen LogP contribution in [0.15, 0.2) is 58.7 Å². The van der Waals surface area contributed by atoms with Gasteiger partial charge < -0.3 is 20.0 Å². The number of fused-ring (bicyclic) bond motifs is 1. The lowest BCUT2D eigenvalue weighted by Crippen LogP contribution is -2.31. The molecule has 2 N–H and O–H groups in total. The number of amides is 2. The Labute approximate surface area is 167 Å². The molecule has 0 atom stereocenters. The third-order valence-electron chi connectivity index (χ3n) is 4.75. The molecule has 3 aromatic rings. The predicted molar refractivity (Wildman–Crippen MR) is 110 cm³/mol.